The number of β-amino-alcohol motifs (C(OH)–C–C–N with tert-alkyl or cyclic N) is 1. The summed E-state index contributed by atoms with van der Waals surface area (Å²) in [4.78, 5) is 10.7. The summed E-state index contributed by atoms with van der Waals surface area (Å²) in [7, 11) is 0. The smallest absolute Gasteiger partial charge is 0.244 e. The van der Waals surface area contributed by atoms with Crippen LogP contribution in [0.15, 0.2) is 47.2 Å². The number of aliphatic hydroxyl groups excluding tert-OH is 1. The van der Waals surface area contributed by atoms with Gasteiger partial charge in [-0.05, 0) is 35.7 Å². The second-order valence-electron chi connectivity index (χ2n) is 6.66. The molecule has 0 saturated carbocycles. The molecule has 1 aliphatic heterocycles. The van der Waals surface area contributed by atoms with Gasteiger partial charge in [0.25, 0.3) is 0 Å². The lowest BCUT2D eigenvalue weighted by atomic mass is 10.1. The van der Waals surface area contributed by atoms with Crippen LogP contribution in [0.1, 0.15) is 35.3 Å². The first-order valence-electron chi connectivity index (χ1n) is 8.66. The van der Waals surface area contributed by atoms with Gasteiger partial charge in [0.2, 0.25) is 5.89 Å². The Kier molecular flexibility index (Phi) is 5.15. The van der Waals surface area contributed by atoms with Gasteiger partial charge >= 0.3 is 0 Å². The van der Waals surface area contributed by atoms with Gasteiger partial charge in [0.15, 0.2) is 5.82 Å². The van der Waals surface area contributed by atoms with Crippen LogP contribution in [-0.2, 0) is 13.0 Å². The van der Waals surface area contributed by atoms with Gasteiger partial charge in [0.1, 0.15) is 5.82 Å². The van der Waals surface area contributed by atoms with Crippen molar-refractivity contribution < 1.29 is 14.0 Å². The molecule has 0 radical (unpaired) electrons. The molecule has 27 heavy (non-hydrogen) atoms. The molecule has 0 spiro atoms. The molecule has 1 aromatic carbocycles. The van der Waals surface area contributed by atoms with Crippen LogP contribution in [0.3, 0.4) is 0 Å². The van der Waals surface area contributed by atoms with Crippen LogP contribution in [0.25, 0.3) is 0 Å². The monoisotopic (exact) mass is 388 g/mol. The Labute approximate surface area is 160 Å². The second kappa shape index (κ2) is 7.72. The van der Waals surface area contributed by atoms with Crippen molar-refractivity contribution in [2.24, 2.45) is 0 Å². The first-order valence-corrected chi connectivity index (χ1v) is 9.03. The van der Waals surface area contributed by atoms with Gasteiger partial charge in [-0.3, -0.25) is 9.88 Å². The number of likely N-dealkylation sites (tertiary alicyclic amines) is 1. The van der Waals surface area contributed by atoms with Crippen LogP contribution < -0.4 is 0 Å². The van der Waals surface area contributed by atoms with E-state index in [1.807, 2.05) is 12.1 Å². The van der Waals surface area contributed by atoms with Crippen LogP contribution >= 0.6 is 11.6 Å². The van der Waals surface area contributed by atoms with E-state index in [9.17, 15) is 9.50 Å². The van der Waals surface area contributed by atoms with Crippen molar-refractivity contribution in [1.82, 2.24) is 20.0 Å². The zero-order valence-corrected chi connectivity index (χ0v) is 15.2. The second-order valence-corrected chi connectivity index (χ2v) is 7.06. The molecule has 8 heteroatoms. The minimum absolute atomic E-state index is 0.162. The summed E-state index contributed by atoms with van der Waals surface area (Å²) in [6.07, 6.45) is 3.95. The predicted molar refractivity (Wildman–Crippen MR) is 96.5 cm³/mol. The Hall–Kier alpha value is -2.35. The third-order valence-corrected chi connectivity index (χ3v) is 4.97. The molecule has 4 rings (SSSR count). The van der Waals surface area contributed by atoms with Gasteiger partial charge in [-0.15, -0.1) is 0 Å². The summed E-state index contributed by atoms with van der Waals surface area (Å²) < 4.78 is 18.6. The fourth-order valence-electron chi connectivity index (χ4n) is 3.35. The molecule has 6 nitrogen and oxygen atoms in total. The molecule has 0 amide bonds. The standard InChI is InChI=1S/C19H18ClFN4O2/c20-16-7-14(21)4-3-13(16)6-18-23-19(27-24-18)17-8-15(26)11-25(17)10-12-2-1-5-22-9-12/h1-5,7,9,15,17,26H,6,8,10-11H2. The molecule has 1 saturated heterocycles. The minimum atomic E-state index is -0.450. The molecular formula is C19H18ClFN4O2. The molecule has 2 aromatic heterocycles. The highest BCUT2D eigenvalue weighted by Gasteiger charge is 2.35. The Morgan fingerprint density at radius 3 is 3.00 bits per heavy atom. The van der Waals surface area contributed by atoms with E-state index in [1.165, 1.54) is 12.1 Å². The SMILES string of the molecule is OC1CC(c2nc(Cc3ccc(F)cc3Cl)no2)N(Cc2cccnc2)C1. The zero-order chi connectivity index (χ0) is 18.8. The van der Waals surface area contributed by atoms with Crippen LogP contribution in [0.5, 0.6) is 0 Å². The average Bonchev–Trinajstić information content (AvgIpc) is 3.25. The average molecular weight is 389 g/mol. The third-order valence-electron chi connectivity index (χ3n) is 4.62. The highest BCUT2D eigenvalue weighted by molar-refractivity contribution is 6.31. The van der Waals surface area contributed by atoms with Gasteiger partial charge in [0.05, 0.1) is 12.1 Å². The fraction of sp³-hybridized carbons (Fsp3) is 0.316. The summed E-state index contributed by atoms with van der Waals surface area (Å²) in [5.41, 5.74) is 1.78. The lowest BCUT2D eigenvalue weighted by Crippen LogP contribution is -2.24. The third kappa shape index (κ3) is 4.16. The quantitative estimate of drug-likeness (QED) is 0.723. The highest BCUT2D eigenvalue weighted by atomic mass is 35.5. The van der Waals surface area contributed by atoms with E-state index in [1.54, 1.807) is 18.5 Å². The highest BCUT2D eigenvalue weighted by Crippen LogP contribution is 2.32. The summed E-state index contributed by atoms with van der Waals surface area (Å²) in [6.45, 7) is 1.16. The molecule has 2 unspecified atom stereocenters. The first-order chi connectivity index (χ1) is 13.1. The largest absolute Gasteiger partial charge is 0.392 e. The van der Waals surface area contributed by atoms with Crippen molar-refractivity contribution in [3.63, 3.8) is 0 Å². The number of benzene rings is 1. The van der Waals surface area contributed by atoms with E-state index in [0.29, 0.717) is 42.7 Å². The van der Waals surface area contributed by atoms with E-state index in [4.69, 9.17) is 16.1 Å². The van der Waals surface area contributed by atoms with E-state index >= 15 is 0 Å². The molecule has 0 aliphatic carbocycles. The number of aromatic nitrogens is 3. The van der Waals surface area contributed by atoms with Gasteiger partial charge < -0.3 is 9.63 Å². The van der Waals surface area contributed by atoms with Crippen molar-refractivity contribution in [1.29, 1.82) is 0 Å². The van der Waals surface area contributed by atoms with Gasteiger partial charge in [-0.1, -0.05) is 28.9 Å². The van der Waals surface area contributed by atoms with Crippen molar-refractivity contribution in [2.75, 3.05) is 6.54 Å². The lowest BCUT2D eigenvalue weighted by molar-refractivity contribution is 0.169. The Morgan fingerprint density at radius 1 is 1.33 bits per heavy atom. The van der Waals surface area contributed by atoms with Crippen LogP contribution in [0.2, 0.25) is 5.02 Å². The first kappa shape index (κ1) is 18.0. The maximum Gasteiger partial charge on any atom is 0.244 e. The summed E-state index contributed by atoms with van der Waals surface area (Å²) in [5, 5.41) is 14.5. The van der Waals surface area contributed by atoms with Crippen molar-refractivity contribution in [2.45, 2.75) is 31.5 Å². The van der Waals surface area contributed by atoms with Gasteiger partial charge in [-0.2, -0.15) is 4.98 Å². The summed E-state index contributed by atoms with van der Waals surface area (Å²) in [6, 6.07) is 7.94. The molecule has 0 bridgehead atoms. The van der Waals surface area contributed by atoms with Crippen LogP contribution in [-0.4, -0.2) is 37.8 Å². The van der Waals surface area contributed by atoms with Gasteiger partial charge in [-0.25, -0.2) is 4.39 Å². The maximum atomic E-state index is 13.2. The molecular weight excluding hydrogens is 371 g/mol. The van der Waals surface area contributed by atoms with Crippen LogP contribution in [0.4, 0.5) is 4.39 Å². The normalized spacial score (nSPS) is 20.3. The number of pyridine rings is 1. The maximum absolute atomic E-state index is 13.2. The topological polar surface area (TPSA) is 75.3 Å². The number of aliphatic hydroxyl groups is 1. The molecule has 3 heterocycles. The fourth-order valence-corrected chi connectivity index (χ4v) is 3.58. The summed E-state index contributed by atoms with van der Waals surface area (Å²) >= 11 is 6.07. The number of hydrogen-bond acceptors (Lipinski definition) is 6. The molecule has 1 aliphatic rings. The molecule has 2 atom stereocenters. The lowest BCUT2D eigenvalue weighted by Gasteiger charge is -2.20. The Balaban J connectivity index is 1.50. The van der Waals surface area contributed by atoms with Crippen molar-refractivity contribution in [3.8, 4) is 0 Å². The zero-order valence-electron chi connectivity index (χ0n) is 14.4. The molecule has 140 valence electrons. The van der Waals surface area contributed by atoms with E-state index < -0.39 is 6.10 Å². The Morgan fingerprint density at radius 2 is 2.22 bits per heavy atom. The predicted octanol–water partition coefficient (Wildman–Crippen LogP) is 3.16. The number of halogens is 2. The van der Waals surface area contributed by atoms with E-state index in [-0.39, 0.29) is 11.9 Å². The van der Waals surface area contributed by atoms with Gasteiger partial charge in [0, 0.05) is 36.9 Å². The number of hydrogen-bond donors (Lipinski definition) is 1. The van der Waals surface area contributed by atoms with E-state index in [2.05, 4.69) is 20.0 Å². The molecule has 1 N–H and O–H groups in total. The van der Waals surface area contributed by atoms with Crippen molar-refractivity contribution >= 4 is 11.6 Å². The molecule has 3 aromatic rings. The number of rotatable bonds is 5. The van der Waals surface area contributed by atoms with Crippen molar-refractivity contribution in [3.05, 3.63) is 76.4 Å². The van der Waals surface area contributed by atoms with E-state index in [0.717, 1.165) is 11.1 Å². The molecule has 1 fully saturated rings. The Bertz CT molecular complexity index is 921. The number of nitrogens with zero attached hydrogens (tertiary/aromatic N) is 4. The summed E-state index contributed by atoms with van der Waals surface area (Å²) in [5.74, 6) is 0.549. The minimum Gasteiger partial charge on any atom is -0.392 e. The van der Waals surface area contributed by atoms with Crippen LogP contribution in [0, 0.1) is 5.82 Å².